The summed E-state index contributed by atoms with van der Waals surface area (Å²) in [5.74, 6) is 0.923. The molecule has 2 nitrogen and oxygen atoms in total. The van der Waals surface area contributed by atoms with E-state index in [2.05, 4.69) is 36.4 Å². The minimum absolute atomic E-state index is 0.138. The van der Waals surface area contributed by atoms with E-state index in [9.17, 15) is 0 Å². The molecule has 0 amide bonds. The number of hydrogen-bond acceptors (Lipinski definition) is 2. The van der Waals surface area contributed by atoms with Gasteiger partial charge in [-0.25, -0.2) is 0 Å². The number of nitrogens with two attached hydrogens (primary N) is 1. The Morgan fingerprint density at radius 3 is 2.37 bits per heavy atom. The second kappa shape index (κ2) is 6.95. The van der Waals surface area contributed by atoms with Gasteiger partial charge in [0.1, 0.15) is 5.75 Å². The van der Waals surface area contributed by atoms with Gasteiger partial charge in [-0.05, 0) is 43.0 Å². The molecule has 2 heteroatoms. The van der Waals surface area contributed by atoms with Crippen LogP contribution in [0, 0.1) is 0 Å². The van der Waals surface area contributed by atoms with E-state index in [1.54, 1.807) is 0 Å². The number of rotatable bonds is 6. The van der Waals surface area contributed by atoms with Crippen LogP contribution in [0.1, 0.15) is 18.1 Å². The lowest BCUT2D eigenvalue weighted by atomic mass is 10.00. The predicted octanol–water partition coefficient (Wildman–Crippen LogP) is 3.20. The molecule has 0 saturated carbocycles. The Hall–Kier alpha value is -1.80. The van der Waals surface area contributed by atoms with E-state index in [0.717, 1.165) is 18.6 Å². The molecule has 0 radical (unpaired) electrons. The van der Waals surface area contributed by atoms with Crippen LogP contribution in [0.15, 0.2) is 54.6 Å². The highest BCUT2D eigenvalue weighted by Gasteiger charge is 2.06. The normalized spacial score (nSPS) is 12.1. The third-order valence-electron chi connectivity index (χ3n) is 3.05. The van der Waals surface area contributed by atoms with Crippen LogP contribution < -0.4 is 10.5 Å². The molecule has 0 aliphatic heterocycles. The Kier molecular flexibility index (Phi) is 4.99. The van der Waals surface area contributed by atoms with Gasteiger partial charge in [0.2, 0.25) is 0 Å². The van der Waals surface area contributed by atoms with Crippen LogP contribution in [0.25, 0.3) is 0 Å². The Bertz CT molecular complexity index is 496. The van der Waals surface area contributed by atoms with Crippen LogP contribution in [-0.2, 0) is 12.8 Å². The second-order valence-electron chi connectivity index (χ2n) is 4.73. The third-order valence-corrected chi connectivity index (χ3v) is 3.05. The van der Waals surface area contributed by atoms with Gasteiger partial charge in [0.15, 0.2) is 0 Å². The molecule has 2 aromatic rings. The van der Waals surface area contributed by atoms with Crippen molar-refractivity contribution in [3.8, 4) is 5.75 Å². The zero-order valence-electron chi connectivity index (χ0n) is 11.4. The van der Waals surface area contributed by atoms with Crippen LogP contribution in [-0.4, -0.2) is 12.6 Å². The van der Waals surface area contributed by atoms with E-state index >= 15 is 0 Å². The molecule has 100 valence electrons. The summed E-state index contributed by atoms with van der Waals surface area (Å²) in [5.41, 5.74) is 8.74. The van der Waals surface area contributed by atoms with Crippen molar-refractivity contribution < 1.29 is 4.74 Å². The highest BCUT2D eigenvalue weighted by molar-refractivity contribution is 5.29. The van der Waals surface area contributed by atoms with Crippen molar-refractivity contribution in [2.75, 3.05) is 6.61 Å². The first-order chi connectivity index (χ1) is 9.28. The molecule has 1 atom stereocenters. The molecule has 0 bridgehead atoms. The molecule has 1 unspecified atom stereocenters. The van der Waals surface area contributed by atoms with Crippen molar-refractivity contribution in [2.24, 2.45) is 5.73 Å². The summed E-state index contributed by atoms with van der Waals surface area (Å²) in [6.45, 7) is 2.69. The van der Waals surface area contributed by atoms with Gasteiger partial charge in [0, 0.05) is 6.04 Å². The monoisotopic (exact) mass is 255 g/mol. The Labute approximate surface area is 115 Å². The fourth-order valence-electron chi connectivity index (χ4n) is 2.22. The van der Waals surface area contributed by atoms with Crippen molar-refractivity contribution in [3.05, 3.63) is 65.7 Å². The highest BCUT2D eigenvalue weighted by atomic mass is 16.5. The SMILES string of the molecule is CCOc1cccc(CC(N)Cc2ccccc2)c1. The molecule has 2 N–H and O–H groups in total. The molecule has 2 rings (SSSR count). The molecule has 2 aromatic carbocycles. The predicted molar refractivity (Wildman–Crippen MR) is 79.4 cm³/mol. The first-order valence-electron chi connectivity index (χ1n) is 6.79. The zero-order valence-corrected chi connectivity index (χ0v) is 11.4. The molecular weight excluding hydrogens is 234 g/mol. The number of ether oxygens (including phenoxy) is 1. The lowest BCUT2D eigenvalue weighted by Crippen LogP contribution is -2.25. The van der Waals surface area contributed by atoms with Gasteiger partial charge in [-0.15, -0.1) is 0 Å². The van der Waals surface area contributed by atoms with Crippen molar-refractivity contribution in [1.29, 1.82) is 0 Å². The molecule has 0 aromatic heterocycles. The van der Waals surface area contributed by atoms with E-state index < -0.39 is 0 Å². The van der Waals surface area contributed by atoms with Gasteiger partial charge < -0.3 is 10.5 Å². The fourth-order valence-corrected chi connectivity index (χ4v) is 2.22. The molecular formula is C17H21NO. The Morgan fingerprint density at radius 1 is 0.947 bits per heavy atom. The smallest absolute Gasteiger partial charge is 0.119 e. The summed E-state index contributed by atoms with van der Waals surface area (Å²) in [4.78, 5) is 0. The zero-order chi connectivity index (χ0) is 13.5. The van der Waals surface area contributed by atoms with Crippen LogP contribution in [0.2, 0.25) is 0 Å². The summed E-state index contributed by atoms with van der Waals surface area (Å²) >= 11 is 0. The summed E-state index contributed by atoms with van der Waals surface area (Å²) in [7, 11) is 0. The van der Waals surface area contributed by atoms with Crippen LogP contribution >= 0.6 is 0 Å². The first-order valence-corrected chi connectivity index (χ1v) is 6.79. The molecule has 19 heavy (non-hydrogen) atoms. The fraction of sp³-hybridized carbons (Fsp3) is 0.294. The van der Waals surface area contributed by atoms with Gasteiger partial charge >= 0.3 is 0 Å². The van der Waals surface area contributed by atoms with Gasteiger partial charge in [0.25, 0.3) is 0 Å². The molecule has 0 saturated heterocycles. The molecule has 0 aliphatic rings. The molecule has 0 heterocycles. The summed E-state index contributed by atoms with van der Waals surface area (Å²) in [6.07, 6.45) is 1.77. The van der Waals surface area contributed by atoms with Gasteiger partial charge in [-0.1, -0.05) is 42.5 Å². The second-order valence-corrected chi connectivity index (χ2v) is 4.73. The van der Waals surface area contributed by atoms with E-state index in [0.29, 0.717) is 6.61 Å². The van der Waals surface area contributed by atoms with Crippen molar-refractivity contribution in [1.82, 2.24) is 0 Å². The first kappa shape index (κ1) is 13.6. The quantitative estimate of drug-likeness (QED) is 0.860. The van der Waals surface area contributed by atoms with Crippen LogP contribution in [0.3, 0.4) is 0 Å². The maximum atomic E-state index is 6.22. The minimum atomic E-state index is 0.138. The molecule has 0 fully saturated rings. The van der Waals surface area contributed by atoms with Crippen molar-refractivity contribution >= 4 is 0 Å². The van der Waals surface area contributed by atoms with E-state index in [1.165, 1.54) is 11.1 Å². The van der Waals surface area contributed by atoms with Gasteiger partial charge in [0.05, 0.1) is 6.61 Å². The maximum Gasteiger partial charge on any atom is 0.119 e. The third kappa shape index (κ3) is 4.42. The summed E-state index contributed by atoms with van der Waals surface area (Å²) in [6, 6.07) is 18.7. The van der Waals surface area contributed by atoms with E-state index in [1.807, 2.05) is 25.1 Å². The van der Waals surface area contributed by atoms with Gasteiger partial charge in [-0.2, -0.15) is 0 Å². The average molecular weight is 255 g/mol. The lowest BCUT2D eigenvalue weighted by Gasteiger charge is -2.12. The highest BCUT2D eigenvalue weighted by Crippen LogP contribution is 2.15. The minimum Gasteiger partial charge on any atom is -0.494 e. The Balaban J connectivity index is 1.95. The Morgan fingerprint density at radius 2 is 1.63 bits per heavy atom. The number of hydrogen-bond donors (Lipinski definition) is 1. The van der Waals surface area contributed by atoms with Gasteiger partial charge in [-0.3, -0.25) is 0 Å². The van der Waals surface area contributed by atoms with E-state index in [4.69, 9.17) is 10.5 Å². The average Bonchev–Trinajstić information content (AvgIpc) is 2.40. The van der Waals surface area contributed by atoms with Crippen molar-refractivity contribution in [3.63, 3.8) is 0 Å². The molecule has 0 aliphatic carbocycles. The summed E-state index contributed by atoms with van der Waals surface area (Å²) < 4.78 is 5.51. The van der Waals surface area contributed by atoms with Crippen LogP contribution in [0.5, 0.6) is 5.75 Å². The summed E-state index contributed by atoms with van der Waals surface area (Å²) in [5, 5.41) is 0. The van der Waals surface area contributed by atoms with Crippen molar-refractivity contribution in [2.45, 2.75) is 25.8 Å². The standard InChI is InChI=1S/C17H21NO/c1-2-19-17-10-6-9-15(13-17)12-16(18)11-14-7-4-3-5-8-14/h3-10,13,16H,2,11-12,18H2,1H3. The number of benzene rings is 2. The van der Waals surface area contributed by atoms with Crippen LogP contribution in [0.4, 0.5) is 0 Å². The molecule has 0 spiro atoms. The largest absolute Gasteiger partial charge is 0.494 e. The topological polar surface area (TPSA) is 35.2 Å². The van der Waals surface area contributed by atoms with E-state index in [-0.39, 0.29) is 6.04 Å². The maximum absolute atomic E-state index is 6.22. The lowest BCUT2D eigenvalue weighted by molar-refractivity contribution is 0.340.